The number of ether oxygens (including phenoxy) is 1. The fourth-order valence-corrected chi connectivity index (χ4v) is 2.49. The van der Waals surface area contributed by atoms with E-state index in [1.54, 1.807) is 30.3 Å². The average molecular weight is 307 g/mol. The van der Waals surface area contributed by atoms with Gasteiger partial charge in [-0.05, 0) is 17.3 Å². The van der Waals surface area contributed by atoms with Crippen LogP contribution in [-0.2, 0) is 9.53 Å². The molecule has 120 valence electrons. The number of nitroso groups, excluding NO2 is 1. The molecule has 1 fully saturated rings. The Balaban J connectivity index is 1.83. The predicted molar refractivity (Wildman–Crippen MR) is 83.5 cm³/mol. The molecule has 0 atom stereocenters. The zero-order valence-corrected chi connectivity index (χ0v) is 13.1. The third-order valence-corrected chi connectivity index (χ3v) is 4.11. The normalized spacial score (nSPS) is 22.4. The van der Waals surface area contributed by atoms with Crippen LogP contribution >= 0.6 is 0 Å². The molecule has 0 saturated carbocycles. The maximum absolute atomic E-state index is 12.2. The second-order valence-electron chi connectivity index (χ2n) is 5.85. The van der Waals surface area contributed by atoms with Gasteiger partial charge in [0.15, 0.2) is 0 Å². The van der Waals surface area contributed by atoms with E-state index >= 15 is 0 Å². The van der Waals surface area contributed by atoms with Crippen LogP contribution in [0, 0.1) is 4.91 Å². The van der Waals surface area contributed by atoms with Crippen LogP contribution in [0.25, 0.3) is 0 Å². The number of nitrogens with zero attached hydrogens (tertiary/aromatic N) is 3. The van der Waals surface area contributed by atoms with Crippen LogP contribution in [0.5, 0.6) is 0 Å². The lowest BCUT2D eigenvalue weighted by atomic mass is 10.1. The molecular weight excluding hydrogens is 284 g/mol. The van der Waals surface area contributed by atoms with Crippen molar-refractivity contribution < 1.29 is 14.0 Å². The van der Waals surface area contributed by atoms with Gasteiger partial charge < -0.3 is 19.4 Å². The Kier molecular flexibility index (Phi) is 5.46. The first-order valence-corrected chi connectivity index (χ1v) is 7.39. The Hall–Kier alpha value is -1.99. The van der Waals surface area contributed by atoms with E-state index in [0.717, 1.165) is 37.3 Å². The van der Waals surface area contributed by atoms with E-state index in [4.69, 9.17) is 4.74 Å². The van der Waals surface area contributed by atoms with Crippen LogP contribution in [0.4, 0.5) is 0 Å². The highest BCUT2D eigenvalue weighted by Gasteiger charge is 2.25. The lowest BCUT2D eigenvalue weighted by Gasteiger charge is -2.37. The van der Waals surface area contributed by atoms with Crippen molar-refractivity contribution in [2.45, 2.75) is 0 Å². The predicted octanol–water partition coefficient (Wildman–Crippen LogP) is 0.573. The molecule has 0 unspecified atom stereocenters. The zero-order valence-electron chi connectivity index (χ0n) is 13.1. The fourth-order valence-electron chi connectivity index (χ4n) is 2.49. The summed E-state index contributed by atoms with van der Waals surface area (Å²) in [6.07, 6.45) is 6.30. The molecule has 7 heteroatoms. The Bertz CT molecular complexity index is 519. The molecule has 0 aromatic rings. The Morgan fingerprint density at radius 2 is 2.18 bits per heavy atom. The minimum Gasteiger partial charge on any atom is -0.370 e. The molecule has 2 rings (SSSR count). The van der Waals surface area contributed by atoms with Gasteiger partial charge in [-0.3, -0.25) is 4.79 Å². The number of nitrogens with one attached hydrogen (secondary N) is 1. The molecule has 22 heavy (non-hydrogen) atoms. The SMILES string of the molecule is CN1C=C(C(=O)NCC[N+]2(C)CCOCC2)C=C/C1=C/N=O. The quantitative estimate of drug-likeness (QED) is 0.595. The summed E-state index contributed by atoms with van der Waals surface area (Å²) in [5.74, 6) is -0.110. The average Bonchev–Trinajstić information content (AvgIpc) is 2.50. The third-order valence-electron chi connectivity index (χ3n) is 4.11. The molecule has 0 radical (unpaired) electrons. The Morgan fingerprint density at radius 3 is 2.82 bits per heavy atom. The third kappa shape index (κ3) is 4.25. The van der Waals surface area contributed by atoms with Gasteiger partial charge >= 0.3 is 0 Å². The van der Waals surface area contributed by atoms with Crippen LogP contribution in [0.3, 0.4) is 0 Å². The highest BCUT2D eigenvalue weighted by molar-refractivity contribution is 5.96. The Morgan fingerprint density at radius 1 is 1.45 bits per heavy atom. The summed E-state index contributed by atoms with van der Waals surface area (Å²) in [6, 6.07) is 0. The summed E-state index contributed by atoms with van der Waals surface area (Å²) in [5.41, 5.74) is 1.22. The summed E-state index contributed by atoms with van der Waals surface area (Å²) in [7, 11) is 3.96. The second-order valence-corrected chi connectivity index (χ2v) is 5.85. The van der Waals surface area contributed by atoms with Crippen molar-refractivity contribution in [3.8, 4) is 0 Å². The molecule has 7 nitrogen and oxygen atoms in total. The largest absolute Gasteiger partial charge is 0.370 e. The number of likely N-dealkylation sites (N-methyl/N-ethyl adjacent to an activating group) is 2. The van der Waals surface area contributed by atoms with Crippen LogP contribution in [-0.4, -0.2) is 68.8 Å². The summed E-state index contributed by atoms with van der Waals surface area (Å²) in [5, 5.41) is 5.69. The lowest BCUT2D eigenvalue weighted by molar-refractivity contribution is -0.915. The van der Waals surface area contributed by atoms with E-state index in [1.807, 2.05) is 0 Å². The van der Waals surface area contributed by atoms with Crippen molar-refractivity contribution in [1.29, 1.82) is 0 Å². The standard InChI is InChI=1S/C15H22N4O3/c1-18-12-13(3-4-14(18)11-17-21)15(20)16-5-6-19(2)7-9-22-10-8-19/h3-4,11-12H,5-10H2,1-2H3/p+1/b14-11-. The van der Waals surface area contributed by atoms with Gasteiger partial charge in [-0.15, -0.1) is 4.91 Å². The zero-order chi connectivity index (χ0) is 16.0. The minimum absolute atomic E-state index is 0.110. The number of rotatable bonds is 5. The second kappa shape index (κ2) is 7.33. The summed E-state index contributed by atoms with van der Waals surface area (Å²) in [6.45, 7) is 5.04. The molecule has 0 bridgehead atoms. The fraction of sp³-hybridized carbons (Fsp3) is 0.533. The van der Waals surface area contributed by atoms with Crippen LogP contribution in [0.1, 0.15) is 0 Å². The highest BCUT2D eigenvalue weighted by atomic mass is 16.5. The number of hydrogen-bond donors (Lipinski definition) is 1. The molecule has 0 aromatic carbocycles. The topological polar surface area (TPSA) is 71.0 Å². The lowest BCUT2D eigenvalue weighted by Crippen LogP contribution is -2.54. The molecule has 2 aliphatic rings. The van der Waals surface area contributed by atoms with Crippen molar-refractivity contribution >= 4 is 5.91 Å². The number of amides is 1. The molecule has 1 N–H and O–H groups in total. The van der Waals surface area contributed by atoms with Crippen LogP contribution < -0.4 is 5.32 Å². The summed E-state index contributed by atoms with van der Waals surface area (Å²) >= 11 is 0. The highest BCUT2D eigenvalue weighted by Crippen LogP contribution is 2.15. The smallest absolute Gasteiger partial charge is 0.252 e. The first-order valence-electron chi connectivity index (χ1n) is 7.39. The summed E-state index contributed by atoms with van der Waals surface area (Å²) < 4.78 is 6.29. The van der Waals surface area contributed by atoms with E-state index < -0.39 is 0 Å². The van der Waals surface area contributed by atoms with Crippen molar-refractivity contribution in [2.75, 3.05) is 53.5 Å². The van der Waals surface area contributed by atoms with E-state index in [2.05, 4.69) is 17.5 Å². The van der Waals surface area contributed by atoms with E-state index in [0.29, 0.717) is 17.8 Å². The summed E-state index contributed by atoms with van der Waals surface area (Å²) in [4.78, 5) is 24.1. The number of quaternary nitrogens is 1. The van der Waals surface area contributed by atoms with Gasteiger partial charge in [-0.25, -0.2) is 0 Å². The van der Waals surface area contributed by atoms with E-state index in [9.17, 15) is 9.70 Å². The minimum atomic E-state index is -0.110. The first-order chi connectivity index (χ1) is 10.5. The van der Waals surface area contributed by atoms with Crippen molar-refractivity contribution in [2.24, 2.45) is 5.18 Å². The van der Waals surface area contributed by atoms with E-state index in [-0.39, 0.29) is 5.91 Å². The molecule has 2 heterocycles. The van der Waals surface area contributed by atoms with E-state index in [1.165, 1.54) is 6.20 Å². The van der Waals surface area contributed by atoms with Crippen LogP contribution in [0.15, 0.2) is 41.0 Å². The van der Waals surface area contributed by atoms with Gasteiger partial charge in [0.2, 0.25) is 0 Å². The molecule has 1 amide bonds. The Labute approximate surface area is 130 Å². The molecule has 0 aromatic heterocycles. The number of carbonyl (C=O) groups excluding carboxylic acids is 1. The van der Waals surface area contributed by atoms with Gasteiger partial charge in [-0.2, -0.15) is 0 Å². The molecule has 0 spiro atoms. The van der Waals surface area contributed by atoms with Gasteiger partial charge in [0.1, 0.15) is 13.1 Å². The molecular formula is C15H23N4O3+. The maximum Gasteiger partial charge on any atom is 0.252 e. The molecule has 2 aliphatic heterocycles. The van der Waals surface area contributed by atoms with Crippen molar-refractivity contribution in [1.82, 2.24) is 10.2 Å². The monoisotopic (exact) mass is 307 g/mol. The maximum atomic E-state index is 12.2. The van der Waals surface area contributed by atoms with Crippen molar-refractivity contribution in [3.63, 3.8) is 0 Å². The number of morpholine rings is 1. The molecule has 0 aliphatic carbocycles. The number of carbonyl (C=O) groups is 1. The number of hydrogen-bond acceptors (Lipinski definition) is 5. The molecule has 1 saturated heterocycles. The van der Waals surface area contributed by atoms with Crippen LogP contribution in [0.2, 0.25) is 0 Å². The van der Waals surface area contributed by atoms with Gasteiger partial charge in [0.05, 0.1) is 50.8 Å². The van der Waals surface area contributed by atoms with Gasteiger partial charge in [0, 0.05) is 13.2 Å². The first kappa shape index (κ1) is 16.4. The van der Waals surface area contributed by atoms with Gasteiger partial charge in [0.25, 0.3) is 5.91 Å². The van der Waals surface area contributed by atoms with Crippen molar-refractivity contribution in [3.05, 3.63) is 40.7 Å². The number of allylic oxidation sites excluding steroid dienone is 1. The van der Waals surface area contributed by atoms with Gasteiger partial charge in [-0.1, -0.05) is 0 Å².